The second-order valence-corrected chi connectivity index (χ2v) is 3.63. The molecule has 0 saturated heterocycles. The van der Waals surface area contributed by atoms with E-state index in [0.29, 0.717) is 30.3 Å². The highest BCUT2D eigenvalue weighted by atomic mass is 16.5. The molecule has 0 amide bonds. The average molecular weight is 207 g/mol. The van der Waals surface area contributed by atoms with Gasteiger partial charge in [-0.2, -0.15) is 20.4 Å². The molecule has 1 aliphatic rings. The zero-order valence-corrected chi connectivity index (χ0v) is 7.79. The fourth-order valence-corrected chi connectivity index (χ4v) is 1.60. The van der Waals surface area contributed by atoms with Crippen LogP contribution in [0.2, 0.25) is 0 Å². The van der Waals surface area contributed by atoms with Crippen LogP contribution >= 0.6 is 0 Å². The van der Waals surface area contributed by atoms with Crippen molar-refractivity contribution in [3.63, 3.8) is 0 Å². The van der Waals surface area contributed by atoms with Crippen molar-refractivity contribution >= 4 is 0 Å². The van der Waals surface area contributed by atoms with Crippen molar-refractivity contribution in [2.75, 3.05) is 0 Å². The Morgan fingerprint density at radius 1 is 1.47 bits per heavy atom. The Balaban J connectivity index is 1.82. The van der Waals surface area contributed by atoms with Crippen LogP contribution in [0.1, 0.15) is 24.7 Å². The van der Waals surface area contributed by atoms with E-state index in [0.717, 1.165) is 0 Å². The minimum absolute atomic E-state index is 0.188. The molecule has 0 bridgehead atoms. The van der Waals surface area contributed by atoms with Crippen LogP contribution in [0.3, 0.4) is 0 Å². The summed E-state index contributed by atoms with van der Waals surface area (Å²) in [6.07, 6.45) is 2.70. The number of rotatable bonds is 2. The number of hydrogen-bond acceptors (Lipinski definition) is 6. The van der Waals surface area contributed by atoms with Crippen LogP contribution < -0.4 is 0 Å². The molecular weight excluding hydrogens is 198 g/mol. The lowest BCUT2D eigenvalue weighted by atomic mass is 9.82. The summed E-state index contributed by atoms with van der Waals surface area (Å²) in [5, 5.41) is 22.9. The topological polar surface area (TPSA) is 101 Å². The predicted molar refractivity (Wildman–Crippen MR) is 47.7 cm³/mol. The van der Waals surface area contributed by atoms with E-state index in [9.17, 15) is 0 Å². The van der Waals surface area contributed by atoms with Crippen LogP contribution in [0.4, 0.5) is 0 Å². The lowest BCUT2D eigenvalue weighted by Crippen LogP contribution is -2.26. The summed E-state index contributed by atoms with van der Waals surface area (Å²) in [6, 6.07) is 0. The van der Waals surface area contributed by atoms with E-state index >= 15 is 0 Å². The van der Waals surface area contributed by atoms with Crippen LogP contribution in [0.25, 0.3) is 11.5 Å². The minimum atomic E-state index is -0.225. The SMILES string of the molecule is OC1CC(c2nc(-c3cn[nH]n3)no2)C1. The molecule has 0 unspecified atom stereocenters. The van der Waals surface area contributed by atoms with Gasteiger partial charge in [0.25, 0.3) is 0 Å². The van der Waals surface area contributed by atoms with Gasteiger partial charge in [0.15, 0.2) is 5.69 Å². The maximum Gasteiger partial charge on any atom is 0.230 e. The Kier molecular flexibility index (Phi) is 1.78. The number of aromatic nitrogens is 5. The molecule has 7 heteroatoms. The first-order chi connectivity index (χ1) is 7.33. The fourth-order valence-electron chi connectivity index (χ4n) is 1.60. The van der Waals surface area contributed by atoms with Gasteiger partial charge in [-0.3, -0.25) is 0 Å². The van der Waals surface area contributed by atoms with Crippen LogP contribution in [0, 0.1) is 0 Å². The summed E-state index contributed by atoms with van der Waals surface area (Å²) in [5.41, 5.74) is 0.560. The van der Waals surface area contributed by atoms with E-state index in [1.807, 2.05) is 0 Å². The largest absolute Gasteiger partial charge is 0.393 e. The van der Waals surface area contributed by atoms with Crippen LogP contribution in [0.5, 0.6) is 0 Å². The maximum absolute atomic E-state index is 9.15. The van der Waals surface area contributed by atoms with Crippen molar-refractivity contribution in [2.24, 2.45) is 0 Å². The third-order valence-electron chi connectivity index (χ3n) is 2.55. The lowest BCUT2D eigenvalue weighted by molar-refractivity contribution is 0.0625. The molecule has 0 spiro atoms. The lowest BCUT2D eigenvalue weighted by Gasteiger charge is -2.27. The van der Waals surface area contributed by atoms with E-state index in [1.165, 1.54) is 6.20 Å². The molecule has 1 saturated carbocycles. The number of H-pyrrole nitrogens is 1. The summed E-state index contributed by atoms with van der Waals surface area (Å²) in [7, 11) is 0. The van der Waals surface area contributed by atoms with Gasteiger partial charge in [0.1, 0.15) is 0 Å². The van der Waals surface area contributed by atoms with E-state index in [1.54, 1.807) is 0 Å². The van der Waals surface area contributed by atoms with Gasteiger partial charge in [0, 0.05) is 5.92 Å². The molecule has 2 aromatic rings. The zero-order chi connectivity index (χ0) is 10.3. The zero-order valence-electron chi connectivity index (χ0n) is 7.79. The number of hydrogen-bond donors (Lipinski definition) is 2. The summed E-state index contributed by atoms with van der Waals surface area (Å²) in [4.78, 5) is 4.20. The minimum Gasteiger partial charge on any atom is -0.393 e. The molecule has 1 fully saturated rings. The Labute approximate surface area is 84.5 Å². The first kappa shape index (κ1) is 8.54. The summed E-state index contributed by atoms with van der Waals surface area (Å²) in [5.74, 6) is 1.19. The van der Waals surface area contributed by atoms with Crippen molar-refractivity contribution < 1.29 is 9.63 Å². The second-order valence-electron chi connectivity index (χ2n) is 3.63. The van der Waals surface area contributed by atoms with Gasteiger partial charge in [0.05, 0.1) is 12.3 Å². The Bertz CT molecular complexity index is 445. The highest BCUT2D eigenvalue weighted by Gasteiger charge is 2.33. The number of aliphatic hydroxyl groups is 1. The molecule has 0 radical (unpaired) electrons. The number of aromatic amines is 1. The Morgan fingerprint density at radius 2 is 2.33 bits per heavy atom. The summed E-state index contributed by atoms with van der Waals surface area (Å²) in [6.45, 7) is 0. The van der Waals surface area contributed by atoms with Gasteiger partial charge in [-0.15, -0.1) is 0 Å². The van der Waals surface area contributed by atoms with Crippen molar-refractivity contribution in [1.29, 1.82) is 0 Å². The molecule has 2 heterocycles. The number of nitrogens with zero attached hydrogens (tertiary/aromatic N) is 4. The van der Waals surface area contributed by atoms with E-state index in [4.69, 9.17) is 9.63 Å². The first-order valence-corrected chi connectivity index (χ1v) is 4.71. The Hall–Kier alpha value is -1.76. The van der Waals surface area contributed by atoms with E-state index in [-0.39, 0.29) is 12.0 Å². The molecule has 7 nitrogen and oxygen atoms in total. The molecule has 0 atom stereocenters. The number of nitrogens with one attached hydrogen (secondary N) is 1. The van der Waals surface area contributed by atoms with Gasteiger partial charge in [-0.25, -0.2) is 0 Å². The average Bonchev–Trinajstić information content (AvgIpc) is 2.83. The molecule has 15 heavy (non-hydrogen) atoms. The number of aliphatic hydroxyl groups excluding tert-OH is 1. The van der Waals surface area contributed by atoms with Gasteiger partial charge in [-0.1, -0.05) is 5.16 Å². The molecular formula is C8H9N5O2. The summed E-state index contributed by atoms with van der Waals surface area (Å²) < 4.78 is 5.09. The maximum atomic E-state index is 9.15. The standard InChI is InChI=1S/C8H9N5O2/c14-5-1-4(2-5)8-10-7(12-15-8)6-3-9-13-11-6/h3-5,14H,1-2H2,(H,9,11,13). The van der Waals surface area contributed by atoms with Gasteiger partial charge < -0.3 is 9.63 Å². The normalized spacial score (nSPS) is 25.1. The molecule has 1 aliphatic carbocycles. The van der Waals surface area contributed by atoms with Crippen molar-refractivity contribution in [1.82, 2.24) is 25.6 Å². The highest BCUT2D eigenvalue weighted by molar-refractivity contribution is 5.44. The summed E-state index contributed by atoms with van der Waals surface area (Å²) >= 11 is 0. The smallest absolute Gasteiger partial charge is 0.230 e. The van der Waals surface area contributed by atoms with Crippen LogP contribution in [-0.4, -0.2) is 36.8 Å². The van der Waals surface area contributed by atoms with Crippen molar-refractivity contribution in [3.05, 3.63) is 12.1 Å². The molecule has 3 rings (SSSR count). The Morgan fingerprint density at radius 3 is 3.00 bits per heavy atom. The monoisotopic (exact) mass is 207 g/mol. The molecule has 0 aliphatic heterocycles. The fraction of sp³-hybridized carbons (Fsp3) is 0.500. The second kappa shape index (κ2) is 3.13. The van der Waals surface area contributed by atoms with Crippen LogP contribution in [0.15, 0.2) is 10.7 Å². The van der Waals surface area contributed by atoms with E-state index < -0.39 is 0 Å². The third kappa shape index (κ3) is 1.40. The third-order valence-corrected chi connectivity index (χ3v) is 2.55. The van der Waals surface area contributed by atoms with Gasteiger partial charge >= 0.3 is 0 Å². The molecule has 0 aromatic carbocycles. The van der Waals surface area contributed by atoms with Crippen LogP contribution in [-0.2, 0) is 0 Å². The molecule has 2 aromatic heterocycles. The molecule has 2 N–H and O–H groups in total. The van der Waals surface area contributed by atoms with Crippen molar-refractivity contribution in [3.8, 4) is 11.5 Å². The molecule has 78 valence electrons. The first-order valence-electron chi connectivity index (χ1n) is 4.71. The van der Waals surface area contributed by atoms with Gasteiger partial charge in [-0.05, 0) is 12.8 Å². The van der Waals surface area contributed by atoms with Gasteiger partial charge in [0.2, 0.25) is 11.7 Å². The van der Waals surface area contributed by atoms with Crippen molar-refractivity contribution in [2.45, 2.75) is 24.9 Å². The van der Waals surface area contributed by atoms with E-state index in [2.05, 4.69) is 25.6 Å². The predicted octanol–water partition coefficient (Wildman–Crippen LogP) is 0.0930. The quantitative estimate of drug-likeness (QED) is 0.723. The highest BCUT2D eigenvalue weighted by Crippen LogP contribution is 2.36.